The molecule has 172 valence electrons. The summed E-state index contributed by atoms with van der Waals surface area (Å²) < 4.78 is 11.0. The minimum atomic E-state index is -0.987. The molecule has 0 bridgehead atoms. The maximum atomic E-state index is 10.0. The molecule has 4 atom stereocenters. The SMILES string of the molecule is C/C=C/CCCCCCCCCCCCCCCO[C@H]1[C@H](O)[C@@H](O)CO[C@@H]1CO. The Morgan fingerprint density at radius 1 is 0.828 bits per heavy atom. The molecule has 1 aliphatic heterocycles. The first-order valence-electron chi connectivity index (χ1n) is 12.0. The monoisotopic (exact) mass is 414 g/mol. The van der Waals surface area contributed by atoms with Crippen LogP contribution in [0.25, 0.3) is 0 Å². The molecular formula is C24H46O5. The summed E-state index contributed by atoms with van der Waals surface area (Å²) in [6, 6.07) is 0. The fourth-order valence-corrected chi connectivity index (χ4v) is 3.91. The average Bonchev–Trinajstić information content (AvgIpc) is 2.73. The van der Waals surface area contributed by atoms with Crippen molar-refractivity contribution in [2.24, 2.45) is 0 Å². The van der Waals surface area contributed by atoms with Gasteiger partial charge < -0.3 is 24.8 Å². The van der Waals surface area contributed by atoms with E-state index in [0.29, 0.717) is 6.61 Å². The molecule has 5 heteroatoms. The summed E-state index contributed by atoms with van der Waals surface area (Å²) in [5.74, 6) is 0. The molecule has 5 nitrogen and oxygen atoms in total. The Balaban J connectivity index is 1.84. The molecule has 0 aromatic rings. The first-order valence-corrected chi connectivity index (χ1v) is 12.0. The molecule has 0 saturated carbocycles. The van der Waals surface area contributed by atoms with Crippen molar-refractivity contribution in [3.8, 4) is 0 Å². The summed E-state index contributed by atoms with van der Waals surface area (Å²) in [6.45, 7) is 2.46. The lowest BCUT2D eigenvalue weighted by molar-refractivity contribution is -0.211. The highest BCUT2D eigenvalue weighted by molar-refractivity contribution is 4.87. The molecule has 0 aromatic heterocycles. The Kier molecular flexibility index (Phi) is 16.8. The molecule has 0 amide bonds. The van der Waals surface area contributed by atoms with Crippen molar-refractivity contribution >= 4 is 0 Å². The number of hydrogen-bond acceptors (Lipinski definition) is 5. The lowest BCUT2D eigenvalue weighted by atomic mass is 10.0. The van der Waals surface area contributed by atoms with Crippen molar-refractivity contribution in [2.45, 2.75) is 121 Å². The summed E-state index contributed by atoms with van der Waals surface area (Å²) in [5.41, 5.74) is 0. The highest BCUT2D eigenvalue weighted by atomic mass is 16.6. The Morgan fingerprint density at radius 2 is 1.34 bits per heavy atom. The second kappa shape index (κ2) is 18.3. The molecule has 1 rings (SSSR count). The van der Waals surface area contributed by atoms with Crippen LogP contribution in [0.1, 0.15) is 96.8 Å². The zero-order chi connectivity index (χ0) is 21.2. The van der Waals surface area contributed by atoms with Gasteiger partial charge in [0.15, 0.2) is 0 Å². The minimum absolute atomic E-state index is 0.0448. The molecule has 1 saturated heterocycles. The van der Waals surface area contributed by atoms with Gasteiger partial charge in [0.05, 0.1) is 13.2 Å². The van der Waals surface area contributed by atoms with Crippen LogP contribution in [0, 0.1) is 0 Å². The molecule has 1 heterocycles. The largest absolute Gasteiger partial charge is 0.394 e. The fourth-order valence-electron chi connectivity index (χ4n) is 3.91. The van der Waals surface area contributed by atoms with E-state index in [1.54, 1.807) is 0 Å². The minimum Gasteiger partial charge on any atom is -0.394 e. The van der Waals surface area contributed by atoms with E-state index >= 15 is 0 Å². The number of unbranched alkanes of at least 4 members (excludes halogenated alkanes) is 13. The maximum absolute atomic E-state index is 10.0. The van der Waals surface area contributed by atoms with Gasteiger partial charge in [0.25, 0.3) is 0 Å². The summed E-state index contributed by atoms with van der Waals surface area (Å²) >= 11 is 0. The molecule has 0 unspecified atom stereocenters. The van der Waals surface area contributed by atoms with Crippen LogP contribution in [-0.4, -0.2) is 59.6 Å². The van der Waals surface area contributed by atoms with Gasteiger partial charge in [-0.1, -0.05) is 82.8 Å². The van der Waals surface area contributed by atoms with Crippen molar-refractivity contribution in [2.75, 3.05) is 19.8 Å². The molecule has 1 aliphatic rings. The number of allylic oxidation sites excluding steroid dienone is 2. The van der Waals surface area contributed by atoms with Gasteiger partial charge in [-0.2, -0.15) is 0 Å². The number of aliphatic hydroxyl groups is 3. The van der Waals surface area contributed by atoms with Crippen molar-refractivity contribution < 1.29 is 24.8 Å². The first-order chi connectivity index (χ1) is 14.2. The van der Waals surface area contributed by atoms with Crippen LogP contribution in [-0.2, 0) is 9.47 Å². The van der Waals surface area contributed by atoms with Gasteiger partial charge in [-0.15, -0.1) is 0 Å². The van der Waals surface area contributed by atoms with Gasteiger partial charge in [0.2, 0.25) is 0 Å². The fraction of sp³-hybridized carbons (Fsp3) is 0.917. The van der Waals surface area contributed by atoms with Crippen LogP contribution < -0.4 is 0 Å². The van der Waals surface area contributed by atoms with Crippen LogP contribution in [0.3, 0.4) is 0 Å². The first kappa shape index (κ1) is 26.6. The molecular weight excluding hydrogens is 368 g/mol. The third-order valence-corrected chi connectivity index (χ3v) is 5.82. The van der Waals surface area contributed by atoms with Crippen molar-refractivity contribution in [3.63, 3.8) is 0 Å². The van der Waals surface area contributed by atoms with E-state index in [4.69, 9.17) is 9.47 Å². The smallest absolute Gasteiger partial charge is 0.114 e. The van der Waals surface area contributed by atoms with E-state index in [-0.39, 0.29) is 13.2 Å². The van der Waals surface area contributed by atoms with E-state index in [1.807, 2.05) is 0 Å². The van der Waals surface area contributed by atoms with Crippen LogP contribution in [0.15, 0.2) is 12.2 Å². The quantitative estimate of drug-likeness (QED) is 0.227. The van der Waals surface area contributed by atoms with E-state index in [1.165, 1.54) is 77.0 Å². The number of hydrogen-bond donors (Lipinski definition) is 3. The normalized spacial score (nSPS) is 25.1. The van der Waals surface area contributed by atoms with Crippen molar-refractivity contribution in [3.05, 3.63) is 12.2 Å². The predicted octanol–water partition coefficient (Wildman–Crippen LogP) is 4.52. The second-order valence-electron chi connectivity index (χ2n) is 8.40. The van der Waals surface area contributed by atoms with E-state index in [9.17, 15) is 15.3 Å². The lowest BCUT2D eigenvalue weighted by Gasteiger charge is -2.37. The van der Waals surface area contributed by atoms with Gasteiger partial charge in [-0.05, 0) is 26.2 Å². The topological polar surface area (TPSA) is 79.2 Å². The highest BCUT2D eigenvalue weighted by Gasteiger charge is 2.39. The van der Waals surface area contributed by atoms with Gasteiger partial charge in [-0.25, -0.2) is 0 Å². The van der Waals surface area contributed by atoms with Gasteiger partial charge in [0, 0.05) is 6.61 Å². The van der Waals surface area contributed by atoms with Crippen LogP contribution in [0.4, 0.5) is 0 Å². The summed E-state index contributed by atoms with van der Waals surface area (Å²) in [7, 11) is 0. The molecule has 0 aliphatic carbocycles. The highest BCUT2D eigenvalue weighted by Crippen LogP contribution is 2.19. The van der Waals surface area contributed by atoms with Crippen LogP contribution in [0.2, 0.25) is 0 Å². The Labute approximate surface area is 178 Å². The van der Waals surface area contributed by atoms with Gasteiger partial charge >= 0.3 is 0 Å². The second-order valence-corrected chi connectivity index (χ2v) is 8.40. The molecule has 0 radical (unpaired) electrons. The van der Waals surface area contributed by atoms with E-state index in [2.05, 4.69) is 19.1 Å². The zero-order valence-corrected chi connectivity index (χ0v) is 18.6. The average molecular weight is 415 g/mol. The van der Waals surface area contributed by atoms with Gasteiger partial charge in [-0.3, -0.25) is 0 Å². The zero-order valence-electron chi connectivity index (χ0n) is 18.6. The Hall–Kier alpha value is -0.460. The Morgan fingerprint density at radius 3 is 1.86 bits per heavy atom. The summed E-state index contributed by atoms with van der Waals surface area (Å²) in [6.07, 6.45) is 19.4. The summed E-state index contributed by atoms with van der Waals surface area (Å²) in [5, 5.41) is 29.0. The van der Waals surface area contributed by atoms with Crippen LogP contribution in [0.5, 0.6) is 0 Å². The number of aliphatic hydroxyl groups excluding tert-OH is 3. The van der Waals surface area contributed by atoms with E-state index < -0.39 is 24.4 Å². The Bertz CT molecular complexity index is 385. The molecule has 29 heavy (non-hydrogen) atoms. The number of ether oxygens (including phenoxy) is 2. The standard InChI is InChI=1S/C24H46O5/c1-2-3-4-5-6-7-8-9-10-11-12-13-14-15-16-17-18-28-24-22(19-25)29-20-21(26)23(24)27/h2-3,21-27H,4-20H2,1H3/b3-2+/t21-,22+,23+,24+/m0/s1. The summed E-state index contributed by atoms with van der Waals surface area (Å²) in [4.78, 5) is 0. The molecule has 0 spiro atoms. The maximum Gasteiger partial charge on any atom is 0.114 e. The van der Waals surface area contributed by atoms with Crippen molar-refractivity contribution in [1.29, 1.82) is 0 Å². The molecule has 0 aromatic carbocycles. The lowest BCUT2D eigenvalue weighted by Crippen LogP contribution is -2.55. The number of rotatable bonds is 18. The predicted molar refractivity (Wildman–Crippen MR) is 118 cm³/mol. The van der Waals surface area contributed by atoms with Crippen molar-refractivity contribution in [1.82, 2.24) is 0 Å². The third kappa shape index (κ3) is 12.7. The van der Waals surface area contributed by atoms with E-state index in [0.717, 1.165) is 12.8 Å². The molecule has 1 fully saturated rings. The van der Waals surface area contributed by atoms with Gasteiger partial charge in [0.1, 0.15) is 24.4 Å². The molecule has 3 N–H and O–H groups in total. The third-order valence-electron chi connectivity index (χ3n) is 5.82. The van der Waals surface area contributed by atoms with Crippen LogP contribution >= 0.6 is 0 Å².